The molecule has 0 saturated heterocycles. The lowest BCUT2D eigenvalue weighted by Gasteiger charge is -2.29. The number of anilines is 1. The maximum absolute atomic E-state index is 12.4. The summed E-state index contributed by atoms with van der Waals surface area (Å²) in [5, 5.41) is 9.52. The van der Waals surface area contributed by atoms with Crippen LogP contribution in [0.2, 0.25) is 0 Å². The van der Waals surface area contributed by atoms with Crippen molar-refractivity contribution in [2.24, 2.45) is 0 Å². The van der Waals surface area contributed by atoms with Crippen molar-refractivity contribution in [2.45, 2.75) is 6.54 Å². The number of rotatable bonds is 4. The van der Waals surface area contributed by atoms with Gasteiger partial charge in [0.25, 0.3) is 11.8 Å². The Morgan fingerprint density at radius 3 is 3.07 bits per heavy atom. The third-order valence-corrected chi connectivity index (χ3v) is 5.03. The lowest BCUT2D eigenvalue weighted by atomic mass is 10.1. The minimum atomic E-state index is -0.674. The van der Waals surface area contributed by atoms with Crippen molar-refractivity contribution in [1.29, 1.82) is 0 Å². The maximum Gasteiger partial charge on any atom is 0.274 e. The van der Waals surface area contributed by atoms with Crippen molar-refractivity contribution >= 4 is 39.2 Å². The van der Waals surface area contributed by atoms with E-state index in [-0.39, 0.29) is 24.6 Å². The van der Waals surface area contributed by atoms with E-state index in [1.54, 1.807) is 30.9 Å². The summed E-state index contributed by atoms with van der Waals surface area (Å²) in [4.78, 5) is 35.2. The molecule has 138 valence electrons. The molecule has 4 rings (SSSR count). The molecule has 0 spiro atoms. The zero-order valence-corrected chi connectivity index (χ0v) is 14.9. The van der Waals surface area contributed by atoms with Crippen LogP contribution < -0.4 is 19.9 Å². The summed E-state index contributed by atoms with van der Waals surface area (Å²) in [5.74, 6) is 0.151. The van der Waals surface area contributed by atoms with Crippen LogP contribution >= 0.6 is 11.3 Å². The van der Waals surface area contributed by atoms with Gasteiger partial charge in [-0.15, -0.1) is 0 Å². The summed E-state index contributed by atoms with van der Waals surface area (Å²) < 4.78 is 10.6. The highest BCUT2D eigenvalue weighted by Gasteiger charge is 2.27. The molecule has 1 aliphatic rings. The Morgan fingerprint density at radius 1 is 1.44 bits per heavy atom. The molecule has 3 heterocycles. The number of amides is 2. The van der Waals surface area contributed by atoms with Crippen molar-refractivity contribution < 1.29 is 24.3 Å². The van der Waals surface area contributed by atoms with Gasteiger partial charge in [-0.1, -0.05) is 11.3 Å². The highest BCUT2D eigenvalue weighted by atomic mass is 32.1. The van der Waals surface area contributed by atoms with E-state index < -0.39 is 5.91 Å². The molecule has 3 aromatic rings. The number of aromatic nitrogens is 2. The van der Waals surface area contributed by atoms with Crippen molar-refractivity contribution in [3.05, 3.63) is 41.0 Å². The van der Waals surface area contributed by atoms with Crippen molar-refractivity contribution in [3.8, 4) is 11.5 Å². The van der Waals surface area contributed by atoms with Crippen LogP contribution in [0.3, 0.4) is 0 Å². The SMILES string of the molecule is COc1cnc2sc(CN3C(=O)COc4ccc(C(=O)NO)cc43)nc2c1. The van der Waals surface area contributed by atoms with Crippen molar-refractivity contribution in [3.63, 3.8) is 0 Å². The molecule has 2 aromatic heterocycles. The van der Waals surface area contributed by atoms with Crippen LogP contribution in [-0.4, -0.2) is 40.7 Å². The fraction of sp³-hybridized carbons (Fsp3) is 0.176. The van der Waals surface area contributed by atoms with Crippen LogP contribution in [0, 0.1) is 0 Å². The molecule has 27 heavy (non-hydrogen) atoms. The van der Waals surface area contributed by atoms with Gasteiger partial charge in [0.2, 0.25) is 0 Å². The number of benzene rings is 1. The molecular formula is C17H14N4O5S. The summed E-state index contributed by atoms with van der Waals surface area (Å²) in [6, 6.07) is 6.37. The quantitative estimate of drug-likeness (QED) is 0.519. The molecule has 0 fully saturated rings. The number of hydroxylamine groups is 1. The third-order valence-electron chi connectivity index (χ3n) is 4.06. The van der Waals surface area contributed by atoms with Gasteiger partial charge in [-0.25, -0.2) is 15.4 Å². The fourth-order valence-corrected chi connectivity index (χ4v) is 3.62. The molecule has 9 nitrogen and oxygen atoms in total. The van der Waals surface area contributed by atoms with Gasteiger partial charge in [-0.05, 0) is 18.2 Å². The molecule has 0 radical (unpaired) electrons. The Bertz CT molecular complexity index is 1050. The molecule has 0 atom stereocenters. The Balaban J connectivity index is 1.69. The molecule has 10 heteroatoms. The van der Waals surface area contributed by atoms with E-state index in [0.717, 1.165) is 4.83 Å². The number of hydrogen-bond donors (Lipinski definition) is 2. The zero-order chi connectivity index (χ0) is 19.0. The first-order valence-corrected chi connectivity index (χ1v) is 8.72. The molecule has 1 aromatic carbocycles. The average molecular weight is 386 g/mol. The number of methoxy groups -OCH3 is 1. The monoisotopic (exact) mass is 386 g/mol. The zero-order valence-electron chi connectivity index (χ0n) is 14.1. The summed E-state index contributed by atoms with van der Waals surface area (Å²) in [5.41, 5.74) is 2.91. The van der Waals surface area contributed by atoms with Crippen LogP contribution in [0.4, 0.5) is 5.69 Å². The van der Waals surface area contributed by atoms with E-state index in [1.165, 1.54) is 28.4 Å². The van der Waals surface area contributed by atoms with Gasteiger partial charge in [0.05, 0.1) is 25.5 Å². The summed E-state index contributed by atoms with van der Waals surface area (Å²) in [6.07, 6.45) is 1.61. The van der Waals surface area contributed by atoms with E-state index in [2.05, 4.69) is 9.97 Å². The molecule has 0 unspecified atom stereocenters. The summed E-state index contributed by atoms with van der Waals surface area (Å²) >= 11 is 1.37. The molecule has 2 N–H and O–H groups in total. The number of ether oxygens (including phenoxy) is 2. The van der Waals surface area contributed by atoms with Gasteiger partial charge in [-0.3, -0.25) is 19.7 Å². The second kappa shape index (κ2) is 6.82. The fourth-order valence-electron chi connectivity index (χ4n) is 2.75. The van der Waals surface area contributed by atoms with Crippen LogP contribution in [0.25, 0.3) is 10.3 Å². The van der Waals surface area contributed by atoms with Gasteiger partial charge >= 0.3 is 0 Å². The van der Waals surface area contributed by atoms with Crippen molar-refractivity contribution in [2.75, 3.05) is 18.6 Å². The van der Waals surface area contributed by atoms with Crippen LogP contribution in [-0.2, 0) is 11.3 Å². The predicted molar refractivity (Wildman–Crippen MR) is 96.3 cm³/mol. The first kappa shape index (κ1) is 17.2. The molecule has 0 aliphatic carbocycles. The second-order valence-corrected chi connectivity index (χ2v) is 6.76. The lowest BCUT2D eigenvalue weighted by molar-refractivity contribution is -0.121. The first-order chi connectivity index (χ1) is 13.1. The van der Waals surface area contributed by atoms with Gasteiger partial charge < -0.3 is 9.47 Å². The largest absolute Gasteiger partial charge is 0.495 e. The van der Waals surface area contributed by atoms with E-state index in [0.29, 0.717) is 27.7 Å². The smallest absolute Gasteiger partial charge is 0.274 e. The molecule has 2 amide bonds. The van der Waals surface area contributed by atoms with E-state index in [9.17, 15) is 9.59 Å². The van der Waals surface area contributed by atoms with Crippen LogP contribution in [0.1, 0.15) is 15.4 Å². The predicted octanol–water partition coefficient (Wildman–Crippen LogP) is 1.74. The van der Waals surface area contributed by atoms with Gasteiger partial charge in [0, 0.05) is 11.6 Å². The Kier molecular flexibility index (Phi) is 4.34. The highest BCUT2D eigenvalue weighted by Crippen LogP contribution is 2.35. The molecule has 1 aliphatic heterocycles. The average Bonchev–Trinajstić information content (AvgIpc) is 3.10. The van der Waals surface area contributed by atoms with Crippen LogP contribution in [0.15, 0.2) is 30.5 Å². The van der Waals surface area contributed by atoms with E-state index >= 15 is 0 Å². The summed E-state index contributed by atoms with van der Waals surface area (Å²) in [6.45, 7) is 0.109. The highest BCUT2D eigenvalue weighted by molar-refractivity contribution is 7.18. The van der Waals surface area contributed by atoms with Gasteiger partial charge in [0.1, 0.15) is 26.9 Å². The summed E-state index contributed by atoms with van der Waals surface area (Å²) in [7, 11) is 1.56. The number of carbonyl (C=O) groups is 2. The van der Waals surface area contributed by atoms with Crippen LogP contribution in [0.5, 0.6) is 11.5 Å². The molecule has 0 saturated carbocycles. The topological polar surface area (TPSA) is 114 Å². The first-order valence-electron chi connectivity index (χ1n) is 7.90. The molecular weight excluding hydrogens is 372 g/mol. The van der Waals surface area contributed by atoms with Gasteiger partial charge in [0.15, 0.2) is 6.61 Å². The minimum Gasteiger partial charge on any atom is -0.495 e. The van der Waals surface area contributed by atoms with E-state index in [1.807, 2.05) is 0 Å². The number of fused-ring (bicyclic) bond motifs is 2. The number of carbonyl (C=O) groups excluding carboxylic acids is 2. The Hall–Kier alpha value is -3.24. The third kappa shape index (κ3) is 3.15. The normalized spacial score (nSPS) is 13.3. The second-order valence-electron chi connectivity index (χ2n) is 5.70. The van der Waals surface area contributed by atoms with E-state index in [4.69, 9.17) is 14.7 Å². The number of pyridine rings is 1. The Labute approximate surface area is 157 Å². The minimum absolute atomic E-state index is 0.102. The number of nitrogens with one attached hydrogen (secondary N) is 1. The number of thiazole rings is 1. The van der Waals surface area contributed by atoms with Gasteiger partial charge in [-0.2, -0.15) is 0 Å². The molecule has 0 bridgehead atoms. The maximum atomic E-state index is 12.4. The Morgan fingerprint density at radius 2 is 2.30 bits per heavy atom. The number of hydrogen-bond acceptors (Lipinski definition) is 8. The standard InChI is InChI=1S/C17H14N4O5S/c1-25-10-5-11-17(18-6-10)27-14(19-11)7-21-12-4-9(16(23)20-24)2-3-13(12)26-8-15(21)22/h2-6,24H,7-8H2,1H3,(H,20,23). The van der Waals surface area contributed by atoms with Crippen molar-refractivity contribution in [1.82, 2.24) is 15.4 Å². The lowest BCUT2D eigenvalue weighted by Crippen LogP contribution is -2.38. The number of nitrogens with zero attached hydrogens (tertiary/aromatic N) is 3.